The van der Waals surface area contributed by atoms with E-state index >= 15 is 0 Å². The fraction of sp³-hybridized carbons (Fsp3) is 0.588. The predicted molar refractivity (Wildman–Crippen MR) is 92.4 cm³/mol. The number of hydrogen-bond donors (Lipinski definition) is 1. The molecule has 0 aliphatic carbocycles. The summed E-state index contributed by atoms with van der Waals surface area (Å²) in [6.07, 6.45) is 2.22. The standard InChI is InChI=1S/C17H25ClN2O3/c1-11-9-15(16(23-4)10-14(11)18)19-17(21)12(2)20-7-5-13(22-3)6-8-20/h9-10,12-13H,5-8H2,1-4H3,(H,19,21)/t12-/m0/s1. The van der Waals surface area contributed by atoms with Gasteiger partial charge in [0.05, 0.1) is 24.9 Å². The molecular formula is C17H25ClN2O3. The first-order valence-corrected chi connectivity index (χ1v) is 8.26. The van der Waals surface area contributed by atoms with Gasteiger partial charge in [0.15, 0.2) is 0 Å². The van der Waals surface area contributed by atoms with E-state index < -0.39 is 0 Å². The number of carbonyl (C=O) groups is 1. The summed E-state index contributed by atoms with van der Waals surface area (Å²) in [5.41, 5.74) is 1.55. The van der Waals surface area contributed by atoms with Gasteiger partial charge in [-0.3, -0.25) is 9.69 Å². The first-order chi connectivity index (χ1) is 11.0. The van der Waals surface area contributed by atoms with E-state index in [1.54, 1.807) is 20.3 Å². The maximum atomic E-state index is 12.6. The van der Waals surface area contributed by atoms with Crippen LogP contribution in [0.2, 0.25) is 5.02 Å². The van der Waals surface area contributed by atoms with Crippen LogP contribution in [0, 0.1) is 6.92 Å². The highest BCUT2D eigenvalue weighted by Gasteiger charge is 2.27. The minimum absolute atomic E-state index is 0.0408. The first-order valence-electron chi connectivity index (χ1n) is 7.88. The second kappa shape index (κ2) is 7.99. The third-order valence-corrected chi connectivity index (χ3v) is 4.88. The number of nitrogens with zero attached hydrogens (tertiary/aromatic N) is 1. The van der Waals surface area contributed by atoms with Gasteiger partial charge in [0.1, 0.15) is 5.75 Å². The Morgan fingerprint density at radius 3 is 2.57 bits per heavy atom. The van der Waals surface area contributed by atoms with Crippen molar-refractivity contribution in [3.05, 3.63) is 22.7 Å². The molecule has 1 saturated heterocycles. The molecule has 1 amide bonds. The van der Waals surface area contributed by atoms with E-state index in [-0.39, 0.29) is 11.9 Å². The lowest BCUT2D eigenvalue weighted by atomic mass is 10.1. The zero-order valence-electron chi connectivity index (χ0n) is 14.2. The van der Waals surface area contributed by atoms with Gasteiger partial charge in [0, 0.05) is 31.3 Å². The van der Waals surface area contributed by atoms with Gasteiger partial charge in [-0.15, -0.1) is 0 Å². The normalized spacial score (nSPS) is 17.8. The van der Waals surface area contributed by atoms with Crippen LogP contribution in [-0.2, 0) is 9.53 Å². The summed E-state index contributed by atoms with van der Waals surface area (Å²) in [6, 6.07) is 3.36. The van der Waals surface area contributed by atoms with Crippen LogP contribution in [0.5, 0.6) is 5.75 Å². The molecule has 1 aliphatic rings. The zero-order valence-corrected chi connectivity index (χ0v) is 14.9. The molecule has 5 nitrogen and oxygen atoms in total. The molecule has 23 heavy (non-hydrogen) atoms. The zero-order chi connectivity index (χ0) is 17.0. The number of methoxy groups -OCH3 is 2. The second-order valence-electron chi connectivity index (χ2n) is 5.94. The van der Waals surface area contributed by atoms with Crippen molar-refractivity contribution >= 4 is 23.2 Å². The summed E-state index contributed by atoms with van der Waals surface area (Å²) >= 11 is 6.10. The quantitative estimate of drug-likeness (QED) is 0.895. The summed E-state index contributed by atoms with van der Waals surface area (Å²) in [5.74, 6) is 0.528. The van der Waals surface area contributed by atoms with Crippen LogP contribution in [0.25, 0.3) is 0 Å². The molecule has 0 saturated carbocycles. The summed E-state index contributed by atoms with van der Waals surface area (Å²) in [6.45, 7) is 5.56. The van der Waals surface area contributed by atoms with Crippen molar-refractivity contribution in [2.45, 2.75) is 38.8 Å². The first kappa shape index (κ1) is 18.0. The highest BCUT2D eigenvalue weighted by molar-refractivity contribution is 6.31. The van der Waals surface area contributed by atoms with Crippen molar-refractivity contribution in [2.24, 2.45) is 0 Å². The van der Waals surface area contributed by atoms with E-state index in [1.165, 1.54) is 0 Å². The summed E-state index contributed by atoms with van der Waals surface area (Å²) in [5, 5.41) is 3.58. The number of anilines is 1. The van der Waals surface area contributed by atoms with E-state index in [4.69, 9.17) is 21.1 Å². The molecule has 1 heterocycles. The number of amides is 1. The topological polar surface area (TPSA) is 50.8 Å². The summed E-state index contributed by atoms with van der Waals surface area (Å²) in [7, 11) is 3.31. The monoisotopic (exact) mass is 340 g/mol. The maximum Gasteiger partial charge on any atom is 0.241 e. The fourth-order valence-corrected chi connectivity index (χ4v) is 2.99. The Kier molecular flexibility index (Phi) is 6.27. The van der Waals surface area contributed by atoms with Gasteiger partial charge in [-0.25, -0.2) is 0 Å². The molecule has 2 rings (SSSR count). The maximum absolute atomic E-state index is 12.6. The molecule has 0 bridgehead atoms. The minimum Gasteiger partial charge on any atom is -0.495 e. The van der Waals surface area contributed by atoms with E-state index in [0.717, 1.165) is 31.5 Å². The van der Waals surface area contributed by atoms with E-state index in [1.807, 2.05) is 19.9 Å². The van der Waals surface area contributed by atoms with Crippen molar-refractivity contribution in [3.8, 4) is 5.75 Å². The van der Waals surface area contributed by atoms with Crippen LogP contribution in [0.3, 0.4) is 0 Å². The van der Waals surface area contributed by atoms with Crippen molar-refractivity contribution in [1.29, 1.82) is 0 Å². The third-order valence-electron chi connectivity index (χ3n) is 4.48. The Labute approximate surface area is 142 Å². The molecule has 1 aliphatic heterocycles. The SMILES string of the molecule is COc1cc(Cl)c(C)cc1NC(=O)[C@H](C)N1CCC(OC)CC1. The van der Waals surface area contributed by atoms with Crippen molar-refractivity contribution < 1.29 is 14.3 Å². The number of nitrogens with one attached hydrogen (secondary N) is 1. The van der Waals surface area contributed by atoms with Gasteiger partial charge in [0.2, 0.25) is 5.91 Å². The van der Waals surface area contributed by atoms with E-state index in [9.17, 15) is 4.79 Å². The van der Waals surface area contributed by atoms with Gasteiger partial charge >= 0.3 is 0 Å². The average Bonchev–Trinajstić information content (AvgIpc) is 2.57. The Morgan fingerprint density at radius 2 is 2.00 bits per heavy atom. The van der Waals surface area contributed by atoms with Crippen molar-refractivity contribution in [2.75, 3.05) is 32.6 Å². The molecule has 1 aromatic carbocycles. The summed E-state index contributed by atoms with van der Waals surface area (Å²) in [4.78, 5) is 14.7. The lowest BCUT2D eigenvalue weighted by Gasteiger charge is -2.34. The van der Waals surface area contributed by atoms with Crippen LogP contribution in [0.15, 0.2) is 12.1 Å². The van der Waals surface area contributed by atoms with Gasteiger partial charge in [-0.1, -0.05) is 11.6 Å². The lowest BCUT2D eigenvalue weighted by Crippen LogP contribution is -2.47. The lowest BCUT2D eigenvalue weighted by molar-refractivity contribution is -0.121. The molecule has 1 aromatic rings. The van der Waals surface area contributed by atoms with E-state index in [2.05, 4.69) is 10.2 Å². The number of piperidine rings is 1. The van der Waals surface area contributed by atoms with Gasteiger partial charge in [-0.05, 0) is 38.3 Å². The molecule has 0 aromatic heterocycles. The smallest absolute Gasteiger partial charge is 0.241 e. The Bertz CT molecular complexity index is 557. The fourth-order valence-electron chi connectivity index (χ4n) is 2.83. The Balaban J connectivity index is 2.03. The number of likely N-dealkylation sites (tertiary alicyclic amines) is 1. The number of aryl methyl sites for hydroxylation is 1. The molecule has 1 atom stereocenters. The average molecular weight is 341 g/mol. The number of halogens is 1. The van der Waals surface area contributed by atoms with Crippen molar-refractivity contribution in [3.63, 3.8) is 0 Å². The molecule has 1 fully saturated rings. The molecule has 1 N–H and O–H groups in total. The molecule has 128 valence electrons. The number of rotatable bonds is 5. The molecule has 6 heteroatoms. The molecular weight excluding hydrogens is 316 g/mol. The van der Waals surface area contributed by atoms with Crippen LogP contribution in [0.4, 0.5) is 5.69 Å². The minimum atomic E-state index is -0.200. The molecule has 0 radical (unpaired) electrons. The van der Waals surface area contributed by atoms with Crippen LogP contribution < -0.4 is 10.1 Å². The second-order valence-corrected chi connectivity index (χ2v) is 6.35. The largest absolute Gasteiger partial charge is 0.495 e. The van der Waals surface area contributed by atoms with Gasteiger partial charge < -0.3 is 14.8 Å². The highest BCUT2D eigenvalue weighted by Crippen LogP contribution is 2.31. The van der Waals surface area contributed by atoms with E-state index in [0.29, 0.717) is 22.6 Å². The van der Waals surface area contributed by atoms with Crippen LogP contribution in [0.1, 0.15) is 25.3 Å². The number of carbonyl (C=O) groups excluding carboxylic acids is 1. The number of benzene rings is 1. The Morgan fingerprint density at radius 1 is 1.35 bits per heavy atom. The summed E-state index contributed by atoms with van der Waals surface area (Å²) < 4.78 is 10.7. The number of hydrogen-bond acceptors (Lipinski definition) is 4. The Hall–Kier alpha value is -1.30. The predicted octanol–water partition coefficient (Wildman–Crippen LogP) is 3.09. The van der Waals surface area contributed by atoms with Gasteiger partial charge in [-0.2, -0.15) is 0 Å². The third kappa shape index (κ3) is 4.37. The van der Waals surface area contributed by atoms with Crippen molar-refractivity contribution in [1.82, 2.24) is 4.90 Å². The molecule has 0 unspecified atom stereocenters. The van der Waals surface area contributed by atoms with Crippen LogP contribution >= 0.6 is 11.6 Å². The molecule has 0 spiro atoms. The van der Waals surface area contributed by atoms with Crippen LogP contribution in [-0.4, -0.2) is 50.3 Å². The highest BCUT2D eigenvalue weighted by atomic mass is 35.5. The van der Waals surface area contributed by atoms with Gasteiger partial charge in [0.25, 0.3) is 0 Å². The number of ether oxygens (including phenoxy) is 2.